The number of H-pyrrole nitrogens is 1. The lowest BCUT2D eigenvalue weighted by atomic mass is 9.95. The molecule has 2 amide bonds. The minimum Gasteiger partial charge on any atom is -0.347 e. The van der Waals surface area contributed by atoms with Crippen LogP contribution in [0.15, 0.2) is 35.1 Å². The van der Waals surface area contributed by atoms with E-state index in [4.69, 9.17) is 16.1 Å². The summed E-state index contributed by atoms with van der Waals surface area (Å²) in [6, 6.07) is 7.02. The minimum atomic E-state index is -0.363. The van der Waals surface area contributed by atoms with Crippen LogP contribution in [0.4, 0.5) is 4.79 Å². The number of benzene rings is 1. The highest BCUT2D eigenvalue weighted by atomic mass is 35.5. The van der Waals surface area contributed by atoms with Crippen molar-refractivity contribution in [2.75, 3.05) is 0 Å². The first-order valence-electron chi connectivity index (χ1n) is 10.3. The van der Waals surface area contributed by atoms with Gasteiger partial charge in [-0.15, -0.1) is 0 Å². The maximum absolute atomic E-state index is 13.2. The Morgan fingerprint density at radius 2 is 2.00 bits per heavy atom. The molecule has 0 radical (unpaired) electrons. The second kappa shape index (κ2) is 8.10. The van der Waals surface area contributed by atoms with Crippen molar-refractivity contribution in [3.63, 3.8) is 0 Å². The highest BCUT2D eigenvalue weighted by molar-refractivity contribution is 6.30. The lowest BCUT2D eigenvalue weighted by molar-refractivity contribution is 0.138. The van der Waals surface area contributed by atoms with E-state index < -0.39 is 0 Å². The van der Waals surface area contributed by atoms with Gasteiger partial charge in [0.2, 0.25) is 11.7 Å². The highest BCUT2D eigenvalue weighted by Crippen LogP contribution is 2.32. The second-order valence-corrected chi connectivity index (χ2v) is 8.36. The van der Waals surface area contributed by atoms with Crippen molar-refractivity contribution < 1.29 is 9.32 Å². The number of fused-ring (bicyclic) bond motifs is 1. The molecule has 1 fully saturated rings. The number of halogens is 1. The summed E-state index contributed by atoms with van der Waals surface area (Å²) in [7, 11) is 0. The van der Waals surface area contributed by atoms with E-state index in [0.29, 0.717) is 29.7 Å². The number of rotatable bonds is 3. The summed E-state index contributed by atoms with van der Waals surface area (Å²) in [5.41, 5.74) is 2.68. The van der Waals surface area contributed by atoms with E-state index in [-0.39, 0.29) is 18.1 Å². The number of aromatic nitrogens is 4. The molecule has 3 heterocycles. The van der Waals surface area contributed by atoms with Gasteiger partial charge >= 0.3 is 6.03 Å². The second-order valence-electron chi connectivity index (χ2n) is 7.92. The van der Waals surface area contributed by atoms with Gasteiger partial charge in [-0.1, -0.05) is 36.0 Å². The van der Waals surface area contributed by atoms with Crippen LogP contribution in [0, 0.1) is 0 Å². The van der Waals surface area contributed by atoms with Gasteiger partial charge < -0.3 is 19.7 Å². The summed E-state index contributed by atoms with van der Waals surface area (Å²) < 4.78 is 5.60. The van der Waals surface area contributed by atoms with Crippen molar-refractivity contribution in [1.29, 1.82) is 0 Å². The molecule has 1 atom stereocenters. The zero-order chi connectivity index (χ0) is 20.5. The number of hydrogen-bond acceptors (Lipinski definition) is 5. The molecule has 3 aromatic rings. The topological polar surface area (TPSA) is 99.9 Å². The average molecular weight is 427 g/mol. The Balaban J connectivity index is 1.41. The van der Waals surface area contributed by atoms with Crippen LogP contribution >= 0.6 is 11.6 Å². The van der Waals surface area contributed by atoms with Gasteiger partial charge in [-0.25, -0.2) is 9.78 Å². The van der Waals surface area contributed by atoms with Crippen LogP contribution in [0.1, 0.15) is 55.4 Å². The van der Waals surface area contributed by atoms with Crippen molar-refractivity contribution in [3.8, 4) is 11.4 Å². The molecule has 30 heavy (non-hydrogen) atoms. The van der Waals surface area contributed by atoms with Gasteiger partial charge in [-0.3, -0.25) is 0 Å². The maximum Gasteiger partial charge on any atom is 0.318 e. The third kappa shape index (κ3) is 3.79. The van der Waals surface area contributed by atoms with E-state index in [2.05, 4.69) is 25.4 Å². The molecule has 2 N–H and O–H groups in total. The summed E-state index contributed by atoms with van der Waals surface area (Å²) in [5.74, 6) is 0.884. The fourth-order valence-electron chi connectivity index (χ4n) is 4.26. The molecular formula is C21H23ClN6O2. The van der Waals surface area contributed by atoms with Gasteiger partial charge in [0.25, 0.3) is 0 Å². The summed E-state index contributed by atoms with van der Waals surface area (Å²) in [6.45, 7) is 0.428. The van der Waals surface area contributed by atoms with Crippen LogP contribution in [0.5, 0.6) is 0 Å². The molecule has 0 saturated heterocycles. The number of imidazole rings is 1. The molecule has 1 aliphatic heterocycles. The summed E-state index contributed by atoms with van der Waals surface area (Å²) >= 11 is 5.97. The smallest absolute Gasteiger partial charge is 0.318 e. The van der Waals surface area contributed by atoms with Crippen LogP contribution in [0.3, 0.4) is 0 Å². The van der Waals surface area contributed by atoms with E-state index in [0.717, 1.165) is 42.6 Å². The number of aromatic amines is 1. The Hall–Kier alpha value is -2.87. The SMILES string of the molecule is O=C(NC1CCCCC1)N1Cc2[nH]cnc2C[C@H]1c1nc(-c2ccc(Cl)cc2)no1. The van der Waals surface area contributed by atoms with Crippen LogP contribution < -0.4 is 5.32 Å². The van der Waals surface area contributed by atoms with Crippen molar-refractivity contribution in [1.82, 2.24) is 30.3 Å². The zero-order valence-electron chi connectivity index (χ0n) is 16.5. The van der Waals surface area contributed by atoms with Gasteiger partial charge in [0.15, 0.2) is 0 Å². The van der Waals surface area contributed by atoms with Gasteiger partial charge in [0.1, 0.15) is 6.04 Å². The van der Waals surface area contributed by atoms with Crippen molar-refractivity contribution in [2.45, 2.75) is 57.2 Å². The van der Waals surface area contributed by atoms with Gasteiger partial charge in [0, 0.05) is 23.0 Å². The quantitative estimate of drug-likeness (QED) is 0.651. The molecule has 156 valence electrons. The van der Waals surface area contributed by atoms with Gasteiger partial charge in [0.05, 0.1) is 24.3 Å². The Labute approximate surface area is 179 Å². The predicted molar refractivity (Wildman–Crippen MR) is 111 cm³/mol. The lowest BCUT2D eigenvalue weighted by Gasteiger charge is -2.34. The maximum atomic E-state index is 13.2. The van der Waals surface area contributed by atoms with Crippen LogP contribution in [0.25, 0.3) is 11.4 Å². The first kappa shape index (κ1) is 19.1. The first-order valence-corrected chi connectivity index (χ1v) is 10.7. The minimum absolute atomic E-state index is 0.0987. The summed E-state index contributed by atoms with van der Waals surface area (Å²) in [4.78, 5) is 27.1. The predicted octanol–water partition coefficient (Wildman–Crippen LogP) is 4.25. The highest BCUT2D eigenvalue weighted by Gasteiger charge is 2.36. The van der Waals surface area contributed by atoms with Crippen molar-refractivity contribution in [3.05, 3.63) is 52.9 Å². The number of carbonyl (C=O) groups is 1. The van der Waals surface area contributed by atoms with Gasteiger partial charge in [-0.05, 0) is 37.1 Å². The fourth-order valence-corrected chi connectivity index (χ4v) is 4.39. The monoisotopic (exact) mass is 426 g/mol. The first-order chi connectivity index (χ1) is 14.7. The van der Waals surface area contributed by atoms with E-state index in [1.54, 1.807) is 23.4 Å². The van der Waals surface area contributed by atoms with E-state index in [1.807, 2.05) is 12.1 Å². The number of hydrogen-bond donors (Lipinski definition) is 2. The molecule has 2 aliphatic rings. The Morgan fingerprint density at radius 1 is 1.20 bits per heavy atom. The fraction of sp³-hybridized carbons (Fsp3) is 0.429. The number of nitrogens with one attached hydrogen (secondary N) is 2. The molecule has 1 aromatic carbocycles. The molecule has 0 unspecified atom stereocenters. The van der Waals surface area contributed by atoms with E-state index in [1.165, 1.54) is 6.42 Å². The standard InChI is InChI=1S/C21H23ClN6O2/c22-14-8-6-13(7-9-14)19-26-20(30-27-19)18-10-16-17(24-12-23-16)11-28(18)21(29)25-15-4-2-1-3-5-15/h6-9,12,15,18H,1-5,10-11H2,(H,23,24)(H,25,29)/t18-/m0/s1. The molecule has 1 aliphatic carbocycles. The number of urea groups is 1. The Kier molecular flexibility index (Phi) is 5.16. The summed E-state index contributed by atoms with van der Waals surface area (Å²) in [6.07, 6.45) is 7.81. The molecule has 0 bridgehead atoms. The van der Waals surface area contributed by atoms with E-state index >= 15 is 0 Å². The molecule has 5 rings (SSSR count). The number of amides is 2. The zero-order valence-corrected chi connectivity index (χ0v) is 17.2. The lowest BCUT2D eigenvalue weighted by Crippen LogP contribution is -2.48. The molecule has 2 aromatic heterocycles. The normalized spacial score (nSPS) is 19.5. The van der Waals surface area contributed by atoms with Crippen LogP contribution in [-0.4, -0.2) is 37.1 Å². The Morgan fingerprint density at radius 3 is 2.80 bits per heavy atom. The molecular weight excluding hydrogens is 404 g/mol. The van der Waals surface area contributed by atoms with Crippen LogP contribution in [0.2, 0.25) is 5.02 Å². The third-order valence-electron chi connectivity index (χ3n) is 5.92. The van der Waals surface area contributed by atoms with Gasteiger partial charge in [-0.2, -0.15) is 4.98 Å². The number of nitrogens with zero attached hydrogens (tertiary/aromatic N) is 4. The molecule has 9 heteroatoms. The van der Waals surface area contributed by atoms with Crippen LogP contribution in [-0.2, 0) is 13.0 Å². The molecule has 8 nitrogen and oxygen atoms in total. The third-order valence-corrected chi connectivity index (χ3v) is 6.17. The van der Waals surface area contributed by atoms with Crippen molar-refractivity contribution >= 4 is 17.6 Å². The number of carbonyl (C=O) groups excluding carboxylic acids is 1. The van der Waals surface area contributed by atoms with Crippen molar-refractivity contribution in [2.24, 2.45) is 0 Å². The largest absolute Gasteiger partial charge is 0.347 e. The Bertz CT molecular complexity index is 1020. The molecule has 0 spiro atoms. The summed E-state index contributed by atoms with van der Waals surface area (Å²) in [5, 5.41) is 7.98. The molecule has 1 saturated carbocycles. The average Bonchev–Trinajstić information content (AvgIpc) is 3.43. The van der Waals surface area contributed by atoms with E-state index in [9.17, 15) is 4.79 Å².